The van der Waals surface area contributed by atoms with Crippen molar-refractivity contribution in [1.29, 1.82) is 0 Å². The zero-order valence-electron chi connectivity index (χ0n) is 12.6. The average molecular weight is 335 g/mol. The Morgan fingerprint density at radius 2 is 1.96 bits per heavy atom. The molecule has 0 saturated carbocycles. The fraction of sp³-hybridized carbons (Fsp3) is 0.312. The number of hydrogen-bond donors (Lipinski definition) is 0. The van der Waals surface area contributed by atoms with Crippen molar-refractivity contribution in [1.82, 2.24) is 4.90 Å². The van der Waals surface area contributed by atoms with E-state index >= 15 is 0 Å². The third-order valence-electron chi connectivity index (χ3n) is 3.78. The van der Waals surface area contributed by atoms with Crippen LogP contribution in [0.1, 0.15) is 17.5 Å². The zero-order chi connectivity index (χ0) is 16.4. The highest BCUT2D eigenvalue weighted by Crippen LogP contribution is 2.24. The first-order valence-corrected chi connectivity index (χ1v) is 9.01. The minimum Gasteiger partial charge on any atom is -0.426 e. The molecule has 1 fully saturated rings. The van der Waals surface area contributed by atoms with Crippen LogP contribution in [-0.4, -0.2) is 43.3 Å². The lowest BCUT2D eigenvalue weighted by molar-refractivity contribution is 0.0723. The molecule has 1 aliphatic rings. The molecule has 23 heavy (non-hydrogen) atoms. The summed E-state index contributed by atoms with van der Waals surface area (Å²) in [5.74, 6) is 0.626. The number of hydrogen-bond acceptors (Lipinski definition) is 5. The molecule has 0 spiro atoms. The van der Waals surface area contributed by atoms with Crippen molar-refractivity contribution >= 4 is 15.7 Å². The average Bonchev–Trinajstić information content (AvgIpc) is 2.99. The number of rotatable bonds is 3. The molecule has 1 aliphatic heterocycles. The molecule has 0 radical (unpaired) electrons. The van der Waals surface area contributed by atoms with Crippen LogP contribution in [0.4, 0.5) is 0 Å². The maximum Gasteiger partial charge on any atom is 0.290 e. The van der Waals surface area contributed by atoms with Crippen molar-refractivity contribution in [3.63, 3.8) is 0 Å². The third-order valence-corrected chi connectivity index (χ3v) is 5.90. The van der Waals surface area contributed by atoms with Crippen LogP contribution >= 0.6 is 0 Å². The quantitative estimate of drug-likeness (QED) is 0.860. The van der Waals surface area contributed by atoms with Crippen molar-refractivity contribution in [3.8, 4) is 11.7 Å². The van der Waals surface area contributed by atoms with Crippen molar-refractivity contribution in [2.24, 2.45) is 0 Å². The zero-order valence-corrected chi connectivity index (χ0v) is 13.5. The standard InChI is InChI=1S/C16H17NO5S/c1-12-11-17(9-10-23(12,19)20)16(18)14-7-8-15(22-14)21-13-5-3-2-4-6-13/h2-8,12H,9-11H2,1H3. The van der Waals surface area contributed by atoms with Gasteiger partial charge in [-0.15, -0.1) is 0 Å². The number of nitrogens with zero attached hydrogens (tertiary/aromatic N) is 1. The summed E-state index contributed by atoms with van der Waals surface area (Å²) in [6.45, 7) is 1.97. The predicted octanol–water partition coefficient (Wildman–Crippen LogP) is 2.33. The molecule has 2 heterocycles. The molecule has 0 aliphatic carbocycles. The van der Waals surface area contributed by atoms with E-state index in [0.29, 0.717) is 5.75 Å². The molecule has 2 aromatic rings. The molecule has 6 nitrogen and oxygen atoms in total. The van der Waals surface area contributed by atoms with Gasteiger partial charge in [0.1, 0.15) is 5.75 Å². The van der Waals surface area contributed by atoms with E-state index in [1.807, 2.05) is 18.2 Å². The Kier molecular flexibility index (Phi) is 4.12. The first-order valence-electron chi connectivity index (χ1n) is 7.29. The number of carbonyl (C=O) groups is 1. The topological polar surface area (TPSA) is 76.8 Å². The van der Waals surface area contributed by atoms with Crippen molar-refractivity contribution < 1.29 is 22.4 Å². The summed E-state index contributed by atoms with van der Waals surface area (Å²) in [7, 11) is -3.09. The summed E-state index contributed by atoms with van der Waals surface area (Å²) in [6, 6.07) is 12.2. The second-order valence-electron chi connectivity index (χ2n) is 5.46. The summed E-state index contributed by atoms with van der Waals surface area (Å²) < 4.78 is 34.4. The fourth-order valence-electron chi connectivity index (χ4n) is 2.39. The molecule has 122 valence electrons. The molecular formula is C16H17NO5S. The summed E-state index contributed by atoms with van der Waals surface area (Å²) in [5, 5.41) is -0.560. The predicted molar refractivity (Wildman–Crippen MR) is 84.4 cm³/mol. The van der Waals surface area contributed by atoms with E-state index in [9.17, 15) is 13.2 Å². The summed E-state index contributed by atoms with van der Waals surface area (Å²) in [6.07, 6.45) is 0. The van der Waals surface area contributed by atoms with E-state index in [1.54, 1.807) is 25.1 Å². The van der Waals surface area contributed by atoms with Gasteiger partial charge in [0.15, 0.2) is 15.6 Å². The molecule has 3 rings (SSSR count). The highest BCUT2D eigenvalue weighted by molar-refractivity contribution is 7.92. The molecule has 1 atom stereocenters. The lowest BCUT2D eigenvalue weighted by Gasteiger charge is -2.30. The van der Waals surface area contributed by atoms with Crippen LogP contribution < -0.4 is 4.74 Å². The van der Waals surface area contributed by atoms with Crippen LogP contribution in [0, 0.1) is 0 Å². The molecule has 7 heteroatoms. The number of sulfone groups is 1. The Bertz CT molecular complexity index is 797. The van der Waals surface area contributed by atoms with Crippen LogP contribution in [-0.2, 0) is 9.84 Å². The summed E-state index contributed by atoms with van der Waals surface area (Å²) >= 11 is 0. The molecular weight excluding hydrogens is 318 g/mol. The van der Waals surface area contributed by atoms with E-state index in [-0.39, 0.29) is 36.5 Å². The number of furan rings is 1. The molecule has 1 unspecified atom stereocenters. The van der Waals surface area contributed by atoms with Crippen molar-refractivity contribution in [2.75, 3.05) is 18.8 Å². The Labute approximate surface area is 134 Å². The Morgan fingerprint density at radius 3 is 2.65 bits per heavy atom. The maximum atomic E-state index is 12.4. The van der Waals surface area contributed by atoms with Crippen molar-refractivity contribution in [3.05, 3.63) is 48.2 Å². The first-order chi connectivity index (χ1) is 11.0. The Morgan fingerprint density at radius 1 is 1.22 bits per heavy atom. The minimum atomic E-state index is -3.09. The van der Waals surface area contributed by atoms with Crippen LogP contribution in [0.3, 0.4) is 0 Å². The number of benzene rings is 1. The molecule has 1 aromatic carbocycles. The Balaban J connectivity index is 1.69. The summed E-state index contributed by atoms with van der Waals surface area (Å²) in [5.41, 5.74) is 0. The smallest absolute Gasteiger partial charge is 0.290 e. The maximum absolute atomic E-state index is 12.4. The molecule has 0 N–H and O–H groups in total. The third kappa shape index (κ3) is 3.39. The molecule has 0 bridgehead atoms. The lowest BCUT2D eigenvalue weighted by atomic mass is 10.3. The normalized spacial score (nSPS) is 20.2. The Hall–Kier alpha value is -2.28. The van der Waals surface area contributed by atoms with Gasteiger partial charge in [0.25, 0.3) is 11.9 Å². The number of ether oxygens (including phenoxy) is 1. The SMILES string of the molecule is CC1CN(C(=O)c2ccc(Oc3ccccc3)o2)CCS1(=O)=O. The van der Waals surface area contributed by atoms with Crippen LogP contribution in [0.2, 0.25) is 0 Å². The second-order valence-corrected chi connectivity index (χ2v) is 8.00. The largest absolute Gasteiger partial charge is 0.426 e. The van der Waals surface area contributed by atoms with E-state index < -0.39 is 15.1 Å². The first kappa shape index (κ1) is 15.6. The summed E-state index contributed by atoms with van der Waals surface area (Å²) in [4.78, 5) is 13.9. The van der Waals surface area contributed by atoms with Crippen LogP contribution in [0.15, 0.2) is 46.9 Å². The number of para-hydroxylation sites is 1. The molecule has 1 aromatic heterocycles. The monoisotopic (exact) mass is 335 g/mol. The van der Waals surface area contributed by atoms with Gasteiger partial charge >= 0.3 is 0 Å². The van der Waals surface area contributed by atoms with Crippen LogP contribution in [0.25, 0.3) is 0 Å². The number of carbonyl (C=O) groups excluding carboxylic acids is 1. The van der Waals surface area contributed by atoms with E-state index in [1.165, 1.54) is 11.0 Å². The van der Waals surface area contributed by atoms with E-state index in [4.69, 9.17) is 9.15 Å². The van der Waals surface area contributed by atoms with E-state index in [0.717, 1.165) is 0 Å². The fourth-order valence-corrected chi connectivity index (χ4v) is 3.67. The lowest BCUT2D eigenvalue weighted by Crippen LogP contribution is -2.48. The molecule has 1 saturated heterocycles. The second kappa shape index (κ2) is 6.08. The van der Waals surface area contributed by atoms with Gasteiger partial charge in [-0.3, -0.25) is 4.79 Å². The van der Waals surface area contributed by atoms with Gasteiger partial charge in [0, 0.05) is 19.2 Å². The van der Waals surface area contributed by atoms with Crippen molar-refractivity contribution in [2.45, 2.75) is 12.2 Å². The van der Waals surface area contributed by atoms with E-state index in [2.05, 4.69) is 0 Å². The van der Waals surface area contributed by atoms with Gasteiger partial charge in [0.05, 0.1) is 11.0 Å². The highest BCUT2D eigenvalue weighted by atomic mass is 32.2. The minimum absolute atomic E-state index is 0.0199. The van der Waals surface area contributed by atoms with Gasteiger partial charge < -0.3 is 14.1 Å². The van der Waals surface area contributed by atoms with Gasteiger partial charge in [-0.25, -0.2) is 8.42 Å². The van der Waals surface area contributed by atoms with Gasteiger partial charge in [-0.05, 0) is 25.1 Å². The van der Waals surface area contributed by atoms with Crippen LogP contribution in [0.5, 0.6) is 11.7 Å². The molecule has 1 amide bonds. The highest BCUT2D eigenvalue weighted by Gasteiger charge is 2.33. The number of amides is 1. The van der Waals surface area contributed by atoms with Gasteiger partial charge in [-0.2, -0.15) is 0 Å². The van der Waals surface area contributed by atoms with Gasteiger partial charge in [-0.1, -0.05) is 18.2 Å². The van der Waals surface area contributed by atoms with Gasteiger partial charge in [0.2, 0.25) is 0 Å².